The Morgan fingerprint density at radius 2 is 2.08 bits per heavy atom. The molecule has 0 aromatic carbocycles. The lowest BCUT2D eigenvalue weighted by Crippen LogP contribution is -2.46. The molecule has 0 aliphatic rings. The fraction of sp³-hybridized carbons (Fsp3) is 1.00. The van der Waals surface area contributed by atoms with E-state index in [1.54, 1.807) is 0 Å². The highest BCUT2D eigenvalue weighted by atomic mass is 16.5. The Hall–Kier alpha value is -0.120. The normalized spacial score (nSPS) is 14.5. The number of hydrogen-bond acceptors (Lipinski definition) is 3. The van der Waals surface area contributed by atoms with Crippen molar-refractivity contribution in [1.29, 1.82) is 0 Å². The Morgan fingerprint density at radius 1 is 1.46 bits per heavy atom. The molecule has 0 amide bonds. The monoisotopic (exact) mass is 189 g/mol. The average Bonchev–Trinajstić information content (AvgIpc) is 2.04. The molecule has 2 N–H and O–H groups in total. The summed E-state index contributed by atoms with van der Waals surface area (Å²) in [7, 11) is 0. The molecule has 0 saturated heterocycles. The molecule has 0 aliphatic carbocycles. The van der Waals surface area contributed by atoms with E-state index in [0.29, 0.717) is 19.3 Å². The number of ether oxygens (including phenoxy) is 1. The molecular formula is C10H23NO2. The van der Waals surface area contributed by atoms with E-state index in [-0.39, 0.29) is 12.1 Å². The van der Waals surface area contributed by atoms with Gasteiger partial charge in [-0.3, -0.25) is 0 Å². The molecule has 0 saturated carbocycles. The second-order valence-electron chi connectivity index (χ2n) is 4.08. The zero-order valence-corrected chi connectivity index (χ0v) is 9.26. The molecule has 80 valence electrons. The van der Waals surface area contributed by atoms with Gasteiger partial charge < -0.3 is 15.2 Å². The Morgan fingerprint density at radius 3 is 2.54 bits per heavy atom. The van der Waals surface area contributed by atoms with Crippen LogP contribution in [0.5, 0.6) is 0 Å². The van der Waals surface area contributed by atoms with E-state index in [0.717, 1.165) is 6.42 Å². The standard InChI is InChI=1S/C10H23NO2/c1-5-10(3,4)11-9(2)8-13-7-6-12/h9,11-12H,5-8H2,1-4H3. The van der Waals surface area contributed by atoms with Crippen LogP contribution in [0, 0.1) is 0 Å². The van der Waals surface area contributed by atoms with Gasteiger partial charge in [0.15, 0.2) is 0 Å². The number of nitrogens with one attached hydrogen (secondary N) is 1. The first-order valence-corrected chi connectivity index (χ1v) is 4.98. The van der Waals surface area contributed by atoms with E-state index in [9.17, 15) is 0 Å². The second kappa shape index (κ2) is 6.35. The fourth-order valence-electron chi connectivity index (χ4n) is 1.14. The Balaban J connectivity index is 3.55. The molecule has 3 nitrogen and oxygen atoms in total. The highest BCUT2D eigenvalue weighted by Crippen LogP contribution is 2.08. The molecular weight excluding hydrogens is 166 g/mol. The summed E-state index contributed by atoms with van der Waals surface area (Å²) >= 11 is 0. The predicted molar refractivity (Wildman–Crippen MR) is 54.9 cm³/mol. The van der Waals surface area contributed by atoms with Gasteiger partial charge in [-0.1, -0.05) is 6.92 Å². The zero-order chi connectivity index (χ0) is 10.3. The van der Waals surface area contributed by atoms with Gasteiger partial charge in [0.1, 0.15) is 0 Å². The van der Waals surface area contributed by atoms with Crippen LogP contribution in [0.3, 0.4) is 0 Å². The third-order valence-electron chi connectivity index (χ3n) is 2.12. The van der Waals surface area contributed by atoms with Crippen molar-refractivity contribution in [3.8, 4) is 0 Å². The van der Waals surface area contributed by atoms with E-state index < -0.39 is 0 Å². The SMILES string of the molecule is CCC(C)(C)NC(C)COCCO. The van der Waals surface area contributed by atoms with Crippen LogP contribution in [-0.4, -0.2) is 36.5 Å². The van der Waals surface area contributed by atoms with E-state index in [4.69, 9.17) is 9.84 Å². The minimum atomic E-state index is 0.101. The second-order valence-corrected chi connectivity index (χ2v) is 4.08. The summed E-state index contributed by atoms with van der Waals surface area (Å²) < 4.78 is 5.22. The average molecular weight is 189 g/mol. The smallest absolute Gasteiger partial charge is 0.0698 e. The molecule has 0 heterocycles. The summed E-state index contributed by atoms with van der Waals surface area (Å²) in [5.41, 5.74) is 0.169. The molecule has 13 heavy (non-hydrogen) atoms. The molecule has 0 aromatic heterocycles. The zero-order valence-electron chi connectivity index (χ0n) is 9.26. The van der Waals surface area contributed by atoms with Gasteiger partial charge in [-0.15, -0.1) is 0 Å². The van der Waals surface area contributed by atoms with Crippen LogP contribution in [0.15, 0.2) is 0 Å². The molecule has 0 rings (SSSR count). The van der Waals surface area contributed by atoms with Gasteiger partial charge in [0.25, 0.3) is 0 Å². The molecule has 0 radical (unpaired) electrons. The maximum Gasteiger partial charge on any atom is 0.0698 e. The molecule has 3 heteroatoms. The molecule has 0 fully saturated rings. The first kappa shape index (κ1) is 12.9. The highest BCUT2D eigenvalue weighted by molar-refractivity contribution is 4.78. The minimum absolute atomic E-state index is 0.101. The summed E-state index contributed by atoms with van der Waals surface area (Å²) in [6.45, 7) is 9.79. The third-order valence-corrected chi connectivity index (χ3v) is 2.12. The van der Waals surface area contributed by atoms with Crippen LogP contribution < -0.4 is 5.32 Å². The number of aliphatic hydroxyl groups excluding tert-OH is 1. The molecule has 0 spiro atoms. The summed E-state index contributed by atoms with van der Waals surface area (Å²) in [5.74, 6) is 0. The first-order chi connectivity index (χ1) is 6.02. The first-order valence-electron chi connectivity index (χ1n) is 4.98. The lowest BCUT2D eigenvalue weighted by atomic mass is 10.0. The molecule has 0 aliphatic heterocycles. The van der Waals surface area contributed by atoms with E-state index in [1.165, 1.54) is 0 Å². The van der Waals surface area contributed by atoms with Crippen LogP contribution in [0.4, 0.5) is 0 Å². The van der Waals surface area contributed by atoms with Crippen molar-refractivity contribution in [2.24, 2.45) is 0 Å². The quantitative estimate of drug-likeness (QED) is 0.591. The minimum Gasteiger partial charge on any atom is -0.394 e. The van der Waals surface area contributed by atoms with Gasteiger partial charge in [0.2, 0.25) is 0 Å². The summed E-state index contributed by atoms with van der Waals surface area (Å²) in [6, 6.07) is 0.335. The van der Waals surface area contributed by atoms with Gasteiger partial charge in [-0.2, -0.15) is 0 Å². The Bertz CT molecular complexity index is 126. The van der Waals surface area contributed by atoms with E-state index in [2.05, 4.69) is 33.0 Å². The van der Waals surface area contributed by atoms with Crippen molar-refractivity contribution in [2.75, 3.05) is 19.8 Å². The van der Waals surface area contributed by atoms with Crippen molar-refractivity contribution >= 4 is 0 Å². The number of rotatable bonds is 7. The topological polar surface area (TPSA) is 41.5 Å². The van der Waals surface area contributed by atoms with Gasteiger partial charge in [-0.05, 0) is 27.2 Å². The molecule has 1 unspecified atom stereocenters. The van der Waals surface area contributed by atoms with Crippen molar-refractivity contribution in [2.45, 2.75) is 45.7 Å². The van der Waals surface area contributed by atoms with Gasteiger partial charge >= 0.3 is 0 Å². The van der Waals surface area contributed by atoms with Crippen LogP contribution in [0.1, 0.15) is 34.1 Å². The van der Waals surface area contributed by atoms with E-state index in [1.807, 2.05) is 0 Å². The van der Waals surface area contributed by atoms with Gasteiger partial charge in [0, 0.05) is 11.6 Å². The van der Waals surface area contributed by atoms with Crippen LogP contribution in [0.25, 0.3) is 0 Å². The summed E-state index contributed by atoms with van der Waals surface area (Å²) in [4.78, 5) is 0. The third kappa shape index (κ3) is 6.99. The van der Waals surface area contributed by atoms with Gasteiger partial charge in [-0.25, -0.2) is 0 Å². The van der Waals surface area contributed by atoms with Crippen molar-refractivity contribution in [3.63, 3.8) is 0 Å². The maximum absolute atomic E-state index is 8.51. The van der Waals surface area contributed by atoms with E-state index >= 15 is 0 Å². The molecule has 1 atom stereocenters. The van der Waals surface area contributed by atoms with Crippen LogP contribution >= 0.6 is 0 Å². The maximum atomic E-state index is 8.51. The molecule has 0 bridgehead atoms. The van der Waals surface area contributed by atoms with Gasteiger partial charge in [0.05, 0.1) is 19.8 Å². The number of hydrogen-bond donors (Lipinski definition) is 2. The highest BCUT2D eigenvalue weighted by Gasteiger charge is 2.16. The largest absolute Gasteiger partial charge is 0.394 e. The summed E-state index contributed by atoms with van der Waals surface area (Å²) in [6.07, 6.45) is 1.09. The number of aliphatic hydroxyl groups is 1. The van der Waals surface area contributed by atoms with Crippen molar-refractivity contribution in [1.82, 2.24) is 5.32 Å². The molecule has 0 aromatic rings. The predicted octanol–water partition coefficient (Wildman–Crippen LogP) is 1.16. The van der Waals surface area contributed by atoms with Crippen LogP contribution in [-0.2, 0) is 4.74 Å². The van der Waals surface area contributed by atoms with Crippen molar-refractivity contribution < 1.29 is 9.84 Å². The lowest BCUT2D eigenvalue weighted by Gasteiger charge is -2.28. The van der Waals surface area contributed by atoms with Crippen molar-refractivity contribution in [3.05, 3.63) is 0 Å². The Labute approximate surface area is 81.5 Å². The lowest BCUT2D eigenvalue weighted by molar-refractivity contribution is 0.0738. The van der Waals surface area contributed by atoms with Crippen LogP contribution in [0.2, 0.25) is 0 Å². The fourth-order valence-corrected chi connectivity index (χ4v) is 1.14. The Kier molecular flexibility index (Phi) is 6.29. The summed E-state index contributed by atoms with van der Waals surface area (Å²) in [5, 5.41) is 12.0.